The predicted molar refractivity (Wildman–Crippen MR) is 67.1 cm³/mol. The molecule has 0 unspecified atom stereocenters. The summed E-state index contributed by atoms with van der Waals surface area (Å²) in [6, 6.07) is 8.89. The van der Waals surface area contributed by atoms with E-state index in [0.717, 1.165) is 25.3 Å². The monoisotopic (exact) mass is 205 g/mol. The molecule has 0 bridgehead atoms. The van der Waals surface area contributed by atoms with Gasteiger partial charge < -0.3 is 5.73 Å². The third-order valence-electron chi connectivity index (χ3n) is 2.84. The quantitative estimate of drug-likeness (QED) is 0.784. The molecule has 1 atom stereocenters. The zero-order valence-corrected chi connectivity index (χ0v) is 10.2. The largest absolute Gasteiger partial charge is 0.330 e. The third-order valence-corrected chi connectivity index (χ3v) is 2.84. The lowest BCUT2D eigenvalue weighted by molar-refractivity contribution is 0.641. The molecule has 0 saturated heterocycles. The lowest BCUT2D eigenvalue weighted by atomic mass is 9.93. The Kier molecular flexibility index (Phi) is 4.83. The summed E-state index contributed by atoms with van der Waals surface area (Å²) in [5.74, 6) is 1.25. The summed E-state index contributed by atoms with van der Waals surface area (Å²) < 4.78 is 0. The highest BCUT2D eigenvalue weighted by Crippen LogP contribution is 2.20. The fourth-order valence-electron chi connectivity index (χ4n) is 1.98. The molecule has 0 spiro atoms. The van der Waals surface area contributed by atoms with Gasteiger partial charge in [-0.15, -0.1) is 0 Å². The topological polar surface area (TPSA) is 26.0 Å². The Balaban J connectivity index is 2.81. The molecule has 1 nitrogen and oxygen atoms in total. The summed E-state index contributed by atoms with van der Waals surface area (Å²) in [4.78, 5) is 0. The van der Waals surface area contributed by atoms with E-state index in [-0.39, 0.29) is 0 Å². The van der Waals surface area contributed by atoms with E-state index < -0.39 is 0 Å². The van der Waals surface area contributed by atoms with Crippen LogP contribution in [0.25, 0.3) is 0 Å². The van der Waals surface area contributed by atoms with Gasteiger partial charge in [0.15, 0.2) is 0 Å². The second-order valence-corrected chi connectivity index (χ2v) is 4.68. The fourth-order valence-corrected chi connectivity index (χ4v) is 1.98. The molecule has 0 heterocycles. The van der Waals surface area contributed by atoms with Gasteiger partial charge in [-0.25, -0.2) is 0 Å². The highest BCUT2D eigenvalue weighted by atomic mass is 14.5. The van der Waals surface area contributed by atoms with Crippen LogP contribution in [0.3, 0.4) is 0 Å². The summed E-state index contributed by atoms with van der Waals surface area (Å²) in [5, 5.41) is 0. The van der Waals surface area contributed by atoms with E-state index in [9.17, 15) is 0 Å². The van der Waals surface area contributed by atoms with Crippen LogP contribution in [0.15, 0.2) is 24.3 Å². The molecule has 15 heavy (non-hydrogen) atoms. The van der Waals surface area contributed by atoms with Crippen LogP contribution >= 0.6 is 0 Å². The Hall–Kier alpha value is -0.820. The van der Waals surface area contributed by atoms with Gasteiger partial charge in [-0.2, -0.15) is 0 Å². The standard InChI is InChI=1S/C14H23N/c1-4-13(10-15)14-7-5-6-12(9-14)8-11(2)3/h5-7,9,11,13H,4,8,10,15H2,1-3H3/t13-/m0/s1. The summed E-state index contributed by atoms with van der Waals surface area (Å²) >= 11 is 0. The number of hydrogen-bond donors (Lipinski definition) is 1. The fraction of sp³-hybridized carbons (Fsp3) is 0.571. The van der Waals surface area contributed by atoms with Gasteiger partial charge in [0, 0.05) is 0 Å². The maximum absolute atomic E-state index is 5.77. The van der Waals surface area contributed by atoms with Gasteiger partial charge >= 0.3 is 0 Å². The van der Waals surface area contributed by atoms with E-state index in [1.165, 1.54) is 11.1 Å². The molecule has 0 amide bonds. The number of rotatable bonds is 5. The highest BCUT2D eigenvalue weighted by Gasteiger charge is 2.07. The Labute approximate surface area is 93.7 Å². The minimum absolute atomic E-state index is 0.525. The highest BCUT2D eigenvalue weighted by molar-refractivity contribution is 5.27. The smallest absolute Gasteiger partial charge is 0.000834 e. The van der Waals surface area contributed by atoms with Gasteiger partial charge in [-0.1, -0.05) is 45.0 Å². The molecule has 1 aromatic rings. The first-order valence-electron chi connectivity index (χ1n) is 5.96. The van der Waals surface area contributed by atoms with Crippen molar-refractivity contribution in [3.8, 4) is 0 Å². The Morgan fingerprint density at radius 1 is 1.27 bits per heavy atom. The van der Waals surface area contributed by atoms with E-state index in [4.69, 9.17) is 5.73 Å². The van der Waals surface area contributed by atoms with Crippen LogP contribution in [-0.4, -0.2) is 6.54 Å². The van der Waals surface area contributed by atoms with Crippen LogP contribution in [0.4, 0.5) is 0 Å². The summed E-state index contributed by atoms with van der Waals surface area (Å²) in [6.07, 6.45) is 2.29. The molecule has 0 aromatic heterocycles. The van der Waals surface area contributed by atoms with Crippen LogP contribution in [0.2, 0.25) is 0 Å². The van der Waals surface area contributed by atoms with Crippen LogP contribution in [0.1, 0.15) is 44.2 Å². The number of nitrogens with two attached hydrogens (primary N) is 1. The second kappa shape index (κ2) is 5.92. The molecule has 0 saturated carbocycles. The minimum Gasteiger partial charge on any atom is -0.330 e. The van der Waals surface area contributed by atoms with Crippen LogP contribution in [-0.2, 0) is 6.42 Å². The maximum Gasteiger partial charge on any atom is -0.000834 e. The normalized spacial score (nSPS) is 13.1. The van der Waals surface area contributed by atoms with Crippen LogP contribution < -0.4 is 5.73 Å². The molecular formula is C14H23N. The van der Waals surface area contributed by atoms with Crippen molar-refractivity contribution < 1.29 is 0 Å². The Bertz CT molecular complexity index is 287. The molecule has 0 radical (unpaired) electrons. The zero-order valence-electron chi connectivity index (χ0n) is 10.2. The summed E-state index contributed by atoms with van der Waals surface area (Å²) in [6.45, 7) is 7.47. The zero-order chi connectivity index (χ0) is 11.3. The number of benzene rings is 1. The van der Waals surface area contributed by atoms with Crippen molar-refractivity contribution in [1.29, 1.82) is 0 Å². The molecule has 1 rings (SSSR count). The van der Waals surface area contributed by atoms with Crippen molar-refractivity contribution >= 4 is 0 Å². The first kappa shape index (κ1) is 12.3. The predicted octanol–water partition coefficient (Wildman–Crippen LogP) is 3.34. The summed E-state index contributed by atoms with van der Waals surface area (Å²) in [5.41, 5.74) is 8.61. The molecule has 2 N–H and O–H groups in total. The lowest BCUT2D eigenvalue weighted by Gasteiger charge is -2.14. The molecule has 0 aliphatic rings. The van der Waals surface area contributed by atoms with Crippen molar-refractivity contribution in [2.75, 3.05) is 6.54 Å². The SMILES string of the molecule is CC[C@@H](CN)c1cccc(CC(C)C)c1. The lowest BCUT2D eigenvalue weighted by Crippen LogP contribution is -2.11. The van der Waals surface area contributed by atoms with Crippen LogP contribution in [0.5, 0.6) is 0 Å². The Morgan fingerprint density at radius 2 is 2.00 bits per heavy atom. The molecule has 1 heteroatoms. The molecular weight excluding hydrogens is 182 g/mol. The second-order valence-electron chi connectivity index (χ2n) is 4.68. The van der Waals surface area contributed by atoms with Gasteiger partial charge in [0.1, 0.15) is 0 Å². The third kappa shape index (κ3) is 3.67. The van der Waals surface area contributed by atoms with Crippen molar-refractivity contribution in [2.24, 2.45) is 11.7 Å². The maximum atomic E-state index is 5.77. The van der Waals surface area contributed by atoms with Gasteiger partial charge in [0.05, 0.1) is 0 Å². The van der Waals surface area contributed by atoms with Gasteiger partial charge in [0.2, 0.25) is 0 Å². The van der Waals surface area contributed by atoms with E-state index in [1.54, 1.807) is 0 Å². The van der Waals surface area contributed by atoms with E-state index >= 15 is 0 Å². The van der Waals surface area contributed by atoms with Crippen molar-refractivity contribution in [1.82, 2.24) is 0 Å². The van der Waals surface area contributed by atoms with Crippen molar-refractivity contribution in [3.05, 3.63) is 35.4 Å². The molecule has 1 aromatic carbocycles. The summed E-state index contributed by atoms with van der Waals surface area (Å²) in [7, 11) is 0. The Morgan fingerprint density at radius 3 is 2.53 bits per heavy atom. The van der Waals surface area contributed by atoms with Crippen molar-refractivity contribution in [2.45, 2.75) is 39.5 Å². The van der Waals surface area contributed by atoms with Gasteiger partial charge in [-0.05, 0) is 42.3 Å². The average molecular weight is 205 g/mol. The first-order valence-corrected chi connectivity index (χ1v) is 5.96. The first-order chi connectivity index (χ1) is 7.17. The van der Waals surface area contributed by atoms with E-state index in [1.807, 2.05) is 0 Å². The molecule has 0 aliphatic heterocycles. The average Bonchev–Trinajstić information content (AvgIpc) is 2.19. The minimum atomic E-state index is 0.525. The van der Waals surface area contributed by atoms with Gasteiger partial charge in [0.25, 0.3) is 0 Å². The van der Waals surface area contributed by atoms with Crippen LogP contribution in [0, 0.1) is 5.92 Å². The number of hydrogen-bond acceptors (Lipinski definition) is 1. The molecule has 0 fully saturated rings. The van der Waals surface area contributed by atoms with Gasteiger partial charge in [-0.3, -0.25) is 0 Å². The van der Waals surface area contributed by atoms with Crippen molar-refractivity contribution in [3.63, 3.8) is 0 Å². The van der Waals surface area contributed by atoms with E-state index in [0.29, 0.717) is 5.92 Å². The molecule has 0 aliphatic carbocycles. The van der Waals surface area contributed by atoms with E-state index in [2.05, 4.69) is 45.0 Å². The molecule has 84 valence electrons.